The van der Waals surface area contributed by atoms with Gasteiger partial charge in [0.25, 0.3) is 0 Å². The van der Waals surface area contributed by atoms with E-state index in [4.69, 9.17) is 4.98 Å². The van der Waals surface area contributed by atoms with Crippen molar-refractivity contribution in [3.05, 3.63) is 34.4 Å². The Labute approximate surface area is 115 Å². The molecular weight excluding hydrogens is 290 g/mol. The molecule has 3 heteroatoms. The standard InChI is InChI=1S/C15H16BrNO/c16-12-8-4-7-11-9-13(18)15(17-14(11)12)10-5-2-1-3-6-10/h4,7-10,18H,1-3,5-6H2. The lowest BCUT2D eigenvalue weighted by atomic mass is 9.86. The van der Waals surface area contributed by atoms with Crippen LogP contribution in [0.3, 0.4) is 0 Å². The van der Waals surface area contributed by atoms with Crippen LogP contribution in [0.15, 0.2) is 28.7 Å². The van der Waals surface area contributed by atoms with E-state index >= 15 is 0 Å². The molecule has 0 spiro atoms. The van der Waals surface area contributed by atoms with E-state index in [1.807, 2.05) is 24.3 Å². The highest BCUT2D eigenvalue weighted by Crippen LogP contribution is 2.38. The van der Waals surface area contributed by atoms with E-state index in [2.05, 4.69) is 15.9 Å². The van der Waals surface area contributed by atoms with Gasteiger partial charge in [0.15, 0.2) is 0 Å². The van der Waals surface area contributed by atoms with Crippen LogP contribution in [0.1, 0.15) is 43.7 Å². The molecule has 2 aromatic rings. The second-order valence-electron chi connectivity index (χ2n) is 5.04. The first kappa shape index (κ1) is 12.0. The van der Waals surface area contributed by atoms with E-state index in [0.717, 1.165) is 33.9 Å². The van der Waals surface area contributed by atoms with E-state index in [1.165, 1.54) is 19.3 Å². The van der Waals surface area contributed by atoms with Crippen LogP contribution in [0.2, 0.25) is 0 Å². The van der Waals surface area contributed by atoms with Gasteiger partial charge in [-0.05, 0) is 40.9 Å². The summed E-state index contributed by atoms with van der Waals surface area (Å²) < 4.78 is 0.997. The van der Waals surface area contributed by atoms with E-state index in [0.29, 0.717) is 11.7 Å². The molecule has 94 valence electrons. The van der Waals surface area contributed by atoms with Crippen LogP contribution in [-0.4, -0.2) is 10.1 Å². The van der Waals surface area contributed by atoms with Gasteiger partial charge in [-0.25, -0.2) is 4.98 Å². The van der Waals surface area contributed by atoms with Gasteiger partial charge in [0.2, 0.25) is 0 Å². The van der Waals surface area contributed by atoms with Crippen molar-refractivity contribution in [2.75, 3.05) is 0 Å². The second-order valence-corrected chi connectivity index (χ2v) is 5.89. The zero-order chi connectivity index (χ0) is 12.5. The Morgan fingerprint density at radius 3 is 2.72 bits per heavy atom. The zero-order valence-electron chi connectivity index (χ0n) is 10.2. The number of hydrogen-bond acceptors (Lipinski definition) is 2. The second kappa shape index (κ2) is 4.88. The third-order valence-corrected chi connectivity index (χ3v) is 4.44. The number of aromatic hydroxyl groups is 1. The molecule has 1 aliphatic carbocycles. The number of para-hydroxylation sites is 1. The lowest BCUT2D eigenvalue weighted by Gasteiger charge is -2.22. The highest BCUT2D eigenvalue weighted by Gasteiger charge is 2.20. The summed E-state index contributed by atoms with van der Waals surface area (Å²) >= 11 is 3.54. The molecule has 3 rings (SSSR count). The fourth-order valence-electron chi connectivity index (χ4n) is 2.84. The van der Waals surface area contributed by atoms with Crippen molar-refractivity contribution in [1.82, 2.24) is 4.98 Å². The summed E-state index contributed by atoms with van der Waals surface area (Å²) in [5, 5.41) is 11.2. The molecule has 0 atom stereocenters. The van der Waals surface area contributed by atoms with Crippen molar-refractivity contribution in [3.8, 4) is 5.75 Å². The maximum Gasteiger partial charge on any atom is 0.138 e. The third kappa shape index (κ3) is 2.12. The van der Waals surface area contributed by atoms with Crippen LogP contribution in [0.4, 0.5) is 0 Å². The number of aromatic nitrogens is 1. The Kier molecular flexibility index (Phi) is 3.25. The van der Waals surface area contributed by atoms with Gasteiger partial charge in [-0.1, -0.05) is 31.4 Å². The first-order chi connectivity index (χ1) is 8.75. The number of fused-ring (bicyclic) bond motifs is 1. The molecule has 18 heavy (non-hydrogen) atoms. The molecule has 1 aromatic carbocycles. The van der Waals surface area contributed by atoms with E-state index in [1.54, 1.807) is 0 Å². The molecule has 0 radical (unpaired) electrons. The first-order valence-corrected chi connectivity index (χ1v) is 7.33. The van der Waals surface area contributed by atoms with Gasteiger partial charge >= 0.3 is 0 Å². The zero-order valence-corrected chi connectivity index (χ0v) is 11.8. The normalized spacial score (nSPS) is 17.2. The Morgan fingerprint density at radius 1 is 1.17 bits per heavy atom. The van der Waals surface area contributed by atoms with Gasteiger partial charge < -0.3 is 5.11 Å². The molecule has 0 aliphatic heterocycles. The van der Waals surface area contributed by atoms with Gasteiger partial charge in [-0.15, -0.1) is 0 Å². The van der Waals surface area contributed by atoms with Crippen LogP contribution in [0.25, 0.3) is 10.9 Å². The summed E-state index contributed by atoms with van der Waals surface area (Å²) in [6.07, 6.45) is 6.11. The van der Waals surface area contributed by atoms with Crippen molar-refractivity contribution in [1.29, 1.82) is 0 Å². The minimum atomic E-state index is 0.354. The Morgan fingerprint density at radius 2 is 1.94 bits per heavy atom. The van der Waals surface area contributed by atoms with E-state index in [9.17, 15) is 5.11 Å². The maximum atomic E-state index is 10.2. The molecule has 1 saturated carbocycles. The Hall–Kier alpha value is -1.09. The monoisotopic (exact) mass is 305 g/mol. The minimum Gasteiger partial charge on any atom is -0.506 e. The lowest BCUT2D eigenvalue weighted by molar-refractivity contribution is 0.407. The lowest BCUT2D eigenvalue weighted by Crippen LogP contribution is -2.07. The average molecular weight is 306 g/mol. The predicted octanol–water partition coefficient (Wildman–Crippen LogP) is 4.75. The average Bonchev–Trinajstić information content (AvgIpc) is 2.39. The number of hydrogen-bond donors (Lipinski definition) is 1. The van der Waals surface area contributed by atoms with Crippen molar-refractivity contribution in [2.45, 2.75) is 38.0 Å². The van der Waals surface area contributed by atoms with Gasteiger partial charge in [-0.2, -0.15) is 0 Å². The highest BCUT2D eigenvalue weighted by atomic mass is 79.9. The fourth-order valence-corrected chi connectivity index (χ4v) is 3.31. The van der Waals surface area contributed by atoms with Crippen LogP contribution < -0.4 is 0 Å². The quantitative estimate of drug-likeness (QED) is 0.824. The fraction of sp³-hybridized carbons (Fsp3) is 0.400. The van der Waals surface area contributed by atoms with E-state index < -0.39 is 0 Å². The van der Waals surface area contributed by atoms with Crippen molar-refractivity contribution in [2.24, 2.45) is 0 Å². The summed E-state index contributed by atoms with van der Waals surface area (Å²) in [5.41, 5.74) is 1.84. The summed E-state index contributed by atoms with van der Waals surface area (Å²) in [6.45, 7) is 0. The number of halogens is 1. The molecule has 0 unspecified atom stereocenters. The van der Waals surface area contributed by atoms with Gasteiger partial charge in [0.1, 0.15) is 5.75 Å². The summed E-state index contributed by atoms with van der Waals surface area (Å²) in [6, 6.07) is 7.79. The van der Waals surface area contributed by atoms with Crippen LogP contribution >= 0.6 is 15.9 Å². The molecular formula is C15H16BrNO. The number of benzene rings is 1. The SMILES string of the molecule is Oc1cc2cccc(Br)c2nc1C1CCCCC1. The molecule has 1 aromatic heterocycles. The molecule has 1 aliphatic rings. The van der Waals surface area contributed by atoms with Crippen LogP contribution in [-0.2, 0) is 0 Å². The van der Waals surface area contributed by atoms with E-state index in [-0.39, 0.29) is 0 Å². The highest BCUT2D eigenvalue weighted by molar-refractivity contribution is 9.10. The van der Waals surface area contributed by atoms with Crippen molar-refractivity contribution in [3.63, 3.8) is 0 Å². The number of nitrogens with zero attached hydrogens (tertiary/aromatic N) is 1. The predicted molar refractivity (Wildman–Crippen MR) is 76.9 cm³/mol. The minimum absolute atomic E-state index is 0.354. The molecule has 0 amide bonds. The Balaban J connectivity index is 2.11. The molecule has 1 heterocycles. The third-order valence-electron chi connectivity index (χ3n) is 3.80. The van der Waals surface area contributed by atoms with Crippen LogP contribution in [0, 0.1) is 0 Å². The largest absolute Gasteiger partial charge is 0.506 e. The first-order valence-electron chi connectivity index (χ1n) is 6.54. The van der Waals surface area contributed by atoms with Crippen LogP contribution in [0.5, 0.6) is 5.75 Å². The van der Waals surface area contributed by atoms with Gasteiger partial charge in [-0.3, -0.25) is 0 Å². The van der Waals surface area contributed by atoms with Gasteiger partial charge in [0.05, 0.1) is 11.2 Å². The van der Waals surface area contributed by atoms with Gasteiger partial charge in [0, 0.05) is 15.8 Å². The number of rotatable bonds is 1. The smallest absolute Gasteiger partial charge is 0.138 e. The maximum absolute atomic E-state index is 10.2. The summed E-state index contributed by atoms with van der Waals surface area (Å²) in [4.78, 5) is 4.70. The molecule has 0 bridgehead atoms. The Bertz CT molecular complexity index is 576. The molecule has 1 fully saturated rings. The molecule has 2 nitrogen and oxygen atoms in total. The summed E-state index contributed by atoms with van der Waals surface area (Å²) in [7, 11) is 0. The number of pyridine rings is 1. The van der Waals surface area contributed by atoms with Crippen molar-refractivity contribution >= 4 is 26.8 Å². The molecule has 0 saturated heterocycles. The summed E-state index contributed by atoms with van der Waals surface area (Å²) in [5.74, 6) is 0.780. The topological polar surface area (TPSA) is 33.1 Å². The molecule has 1 N–H and O–H groups in total. The van der Waals surface area contributed by atoms with Crippen molar-refractivity contribution < 1.29 is 5.11 Å².